The van der Waals surface area contributed by atoms with Gasteiger partial charge in [0.2, 0.25) is 0 Å². The summed E-state index contributed by atoms with van der Waals surface area (Å²) in [5.74, 6) is 0.406. The molecule has 0 amide bonds. The van der Waals surface area contributed by atoms with E-state index < -0.39 is 0 Å². The fourth-order valence-corrected chi connectivity index (χ4v) is 2.21. The number of ketones is 1. The van der Waals surface area contributed by atoms with Gasteiger partial charge in [-0.25, -0.2) is 0 Å². The van der Waals surface area contributed by atoms with Gasteiger partial charge in [0.1, 0.15) is 5.78 Å². The van der Waals surface area contributed by atoms with E-state index in [2.05, 4.69) is 9.80 Å². The van der Waals surface area contributed by atoms with E-state index in [1.165, 1.54) is 0 Å². The van der Waals surface area contributed by atoms with Crippen molar-refractivity contribution in [1.82, 2.24) is 9.80 Å². The molecule has 0 aromatic carbocycles. The van der Waals surface area contributed by atoms with Crippen molar-refractivity contribution < 1.29 is 9.53 Å². The minimum absolute atomic E-state index is 0.406. The number of likely N-dealkylation sites (tertiary alicyclic amines) is 1. The molecule has 0 aromatic heterocycles. The molecular weight excluding hydrogens is 192 g/mol. The zero-order chi connectivity index (χ0) is 10.5. The molecule has 0 atom stereocenters. The van der Waals surface area contributed by atoms with Crippen LogP contribution in [0.1, 0.15) is 12.8 Å². The molecule has 2 heterocycles. The molecule has 4 heteroatoms. The number of Topliss-reactive ketones (excluding diaryl/α,β-unsaturated/α-hetero) is 1. The van der Waals surface area contributed by atoms with E-state index in [1.807, 2.05) is 0 Å². The minimum Gasteiger partial charge on any atom is -0.379 e. The van der Waals surface area contributed by atoms with Gasteiger partial charge in [-0.15, -0.1) is 0 Å². The highest BCUT2D eigenvalue weighted by Gasteiger charge is 2.17. The van der Waals surface area contributed by atoms with Crippen molar-refractivity contribution in [3.8, 4) is 0 Å². The number of carbonyl (C=O) groups excluding carboxylic acids is 1. The first-order chi connectivity index (χ1) is 7.34. The molecule has 2 aliphatic rings. The Balaban J connectivity index is 1.65. The number of ether oxygens (including phenoxy) is 1. The van der Waals surface area contributed by atoms with Crippen molar-refractivity contribution in [2.75, 3.05) is 52.5 Å². The Morgan fingerprint density at radius 3 is 2.53 bits per heavy atom. The number of rotatable bonds is 3. The van der Waals surface area contributed by atoms with Crippen LogP contribution in [-0.2, 0) is 9.53 Å². The average Bonchev–Trinajstić information content (AvgIpc) is 2.28. The van der Waals surface area contributed by atoms with E-state index in [0.717, 1.165) is 58.8 Å². The summed E-state index contributed by atoms with van der Waals surface area (Å²) in [7, 11) is 0. The molecule has 15 heavy (non-hydrogen) atoms. The van der Waals surface area contributed by atoms with E-state index in [9.17, 15) is 4.79 Å². The third-order valence-electron chi connectivity index (χ3n) is 3.17. The monoisotopic (exact) mass is 212 g/mol. The Morgan fingerprint density at radius 2 is 1.80 bits per heavy atom. The lowest BCUT2D eigenvalue weighted by Gasteiger charge is -2.31. The molecule has 2 rings (SSSR count). The lowest BCUT2D eigenvalue weighted by molar-refractivity contribution is -0.122. The molecular formula is C11H20N2O2. The van der Waals surface area contributed by atoms with Crippen LogP contribution in [0.2, 0.25) is 0 Å². The zero-order valence-electron chi connectivity index (χ0n) is 9.28. The molecule has 2 saturated heterocycles. The second-order valence-corrected chi connectivity index (χ2v) is 4.37. The molecule has 0 unspecified atom stereocenters. The van der Waals surface area contributed by atoms with Crippen molar-refractivity contribution in [2.45, 2.75) is 12.8 Å². The Kier molecular flexibility index (Phi) is 4.11. The third-order valence-corrected chi connectivity index (χ3v) is 3.17. The van der Waals surface area contributed by atoms with Gasteiger partial charge in [-0.1, -0.05) is 0 Å². The largest absolute Gasteiger partial charge is 0.379 e. The van der Waals surface area contributed by atoms with Crippen molar-refractivity contribution in [3.05, 3.63) is 0 Å². The zero-order valence-corrected chi connectivity index (χ0v) is 9.28. The fourth-order valence-electron chi connectivity index (χ4n) is 2.21. The summed E-state index contributed by atoms with van der Waals surface area (Å²) in [6.45, 7) is 7.68. The third kappa shape index (κ3) is 3.55. The Morgan fingerprint density at radius 1 is 1.07 bits per heavy atom. The highest BCUT2D eigenvalue weighted by Crippen LogP contribution is 2.06. The van der Waals surface area contributed by atoms with Gasteiger partial charge in [0.25, 0.3) is 0 Å². The van der Waals surface area contributed by atoms with Gasteiger partial charge in [-0.05, 0) is 13.0 Å². The molecule has 0 saturated carbocycles. The lowest BCUT2D eigenvalue weighted by atomic mass is 10.1. The molecule has 86 valence electrons. The summed E-state index contributed by atoms with van der Waals surface area (Å²) in [6, 6.07) is 0. The van der Waals surface area contributed by atoms with Crippen LogP contribution >= 0.6 is 0 Å². The van der Waals surface area contributed by atoms with Crippen molar-refractivity contribution in [3.63, 3.8) is 0 Å². The highest BCUT2D eigenvalue weighted by molar-refractivity contribution is 5.81. The maximum atomic E-state index is 11.2. The van der Waals surface area contributed by atoms with Gasteiger partial charge in [-0.2, -0.15) is 0 Å². The minimum atomic E-state index is 0.406. The number of nitrogens with zero attached hydrogens (tertiary/aromatic N) is 2. The summed E-state index contributed by atoms with van der Waals surface area (Å²) < 4.78 is 5.30. The number of morpholine rings is 1. The number of piperidine rings is 1. The lowest BCUT2D eigenvalue weighted by Crippen LogP contribution is -2.44. The topological polar surface area (TPSA) is 32.8 Å². The van der Waals surface area contributed by atoms with Gasteiger partial charge in [0.05, 0.1) is 19.8 Å². The Hall–Kier alpha value is -0.450. The van der Waals surface area contributed by atoms with Crippen LogP contribution in [0.15, 0.2) is 0 Å². The second kappa shape index (κ2) is 5.58. The molecule has 4 nitrogen and oxygen atoms in total. The first-order valence-electron chi connectivity index (χ1n) is 5.89. The van der Waals surface area contributed by atoms with Gasteiger partial charge < -0.3 is 4.74 Å². The molecule has 0 aromatic rings. The summed E-state index contributed by atoms with van der Waals surface area (Å²) in [6.07, 6.45) is 1.83. The highest BCUT2D eigenvalue weighted by atomic mass is 16.5. The van der Waals surface area contributed by atoms with Crippen LogP contribution in [0.5, 0.6) is 0 Å². The maximum Gasteiger partial charge on any atom is 0.146 e. The van der Waals surface area contributed by atoms with Crippen molar-refractivity contribution >= 4 is 5.78 Å². The van der Waals surface area contributed by atoms with Gasteiger partial charge in [0.15, 0.2) is 0 Å². The van der Waals surface area contributed by atoms with E-state index in [4.69, 9.17) is 4.74 Å². The van der Waals surface area contributed by atoms with Crippen LogP contribution < -0.4 is 0 Å². The molecule has 0 N–H and O–H groups in total. The van der Waals surface area contributed by atoms with Crippen LogP contribution in [0.25, 0.3) is 0 Å². The second-order valence-electron chi connectivity index (χ2n) is 4.37. The van der Waals surface area contributed by atoms with E-state index in [-0.39, 0.29) is 0 Å². The van der Waals surface area contributed by atoms with Crippen LogP contribution in [0.4, 0.5) is 0 Å². The Labute approximate surface area is 91.2 Å². The molecule has 0 aliphatic carbocycles. The molecule has 2 aliphatic heterocycles. The first-order valence-corrected chi connectivity index (χ1v) is 5.89. The summed E-state index contributed by atoms with van der Waals surface area (Å²) in [5.41, 5.74) is 0. The maximum absolute atomic E-state index is 11.2. The standard InChI is InChI=1S/C11H20N2O2/c14-11-2-1-3-13(10-11)5-4-12-6-8-15-9-7-12/h1-10H2. The van der Waals surface area contributed by atoms with E-state index >= 15 is 0 Å². The smallest absolute Gasteiger partial charge is 0.146 e. The van der Waals surface area contributed by atoms with Gasteiger partial charge >= 0.3 is 0 Å². The quantitative estimate of drug-likeness (QED) is 0.658. The fraction of sp³-hybridized carbons (Fsp3) is 0.909. The number of hydrogen-bond acceptors (Lipinski definition) is 4. The Bertz CT molecular complexity index is 215. The van der Waals surface area contributed by atoms with Crippen molar-refractivity contribution in [1.29, 1.82) is 0 Å². The predicted octanol–water partition coefficient (Wildman–Crippen LogP) is -0.0165. The molecule has 0 bridgehead atoms. The first kappa shape index (κ1) is 11.0. The van der Waals surface area contributed by atoms with E-state index in [0.29, 0.717) is 12.3 Å². The predicted molar refractivity (Wildman–Crippen MR) is 57.9 cm³/mol. The molecule has 2 fully saturated rings. The molecule has 0 radical (unpaired) electrons. The average molecular weight is 212 g/mol. The van der Waals surface area contributed by atoms with Crippen molar-refractivity contribution in [2.24, 2.45) is 0 Å². The van der Waals surface area contributed by atoms with Crippen LogP contribution in [0.3, 0.4) is 0 Å². The summed E-state index contributed by atoms with van der Waals surface area (Å²) >= 11 is 0. The van der Waals surface area contributed by atoms with Crippen LogP contribution in [0, 0.1) is 0 Å². The summed E-state index contributed by atoms with van der Waals surface area (Å²) in [5, 5.41) is 0. The van der Waals surface area contributed by atoms with Gasteiger partial charge in [-0.3, -0.25) is 14.6 Å². The SMILES string of the molecule is O=C1CCCN(CCN2CCOCC2)C1. The van der Waals surface area contributed by atoms with Gasteiger partial charge in [0, 0.05) is 32.6 Å². The molecule has 0 spiro atoms. The summed E-state index contributed by atoms with van der Waals surface area (Å²) in [4.78, 5) is 15.9. The number of carbonyl (C=O) groups is 1. The van der Waals surface area contributed by atoms with Crippen LogP contribution in [-0.4, -0.2) is 68.1 Å². The van der Waals surface area contributed by atoms with E-state index in [1.54, 1.807) is 0 Å². The normalized spacial score (nSPS) is 25.7. The number of hydrogen-bond donors (Lipinski definition) is 0.